The van der Waals surface area contributed by atoms with E-state index in [0.717, 1.165) is 43.7 Å². The number of carbonyl (C=O) groups excluding carboxylic acids is 1. The van der Waals surface area contributed by atoms with Crippen LogP contribution in [0.3, 0.4) is 0 Å². The summed E-state index contributed by atoms with van der Waals surface area (Å²) in [6, 6.07) is 11.5. The van der Waals surface area contributed by atoms with Gasteiger partial charge in [0.25, 0.3) is 11.6 Å². The minimum absolute atomic E-state index is 0.0562. The molecule has 0 spiro atoms. The Morgan fingerprint density at radius 3 is 2.39 bits per heavy atom. The molecule has 0 unspecified atom stereocenters. The summed E-state index contributed by atoms with van der Waals surface area (Å²) >= 11 is 0. The van der Waals surface area contributed by atoms with Gasteiger partial charge < -0.3 is 10.2 Å². The number of carbonyl (C=O) groups is 1. The van der Waals surface area contributed by atoms with Gasteiger partial charge in [-0.05, 0) is 55.5 Å². The van der Waals surface area contributed by atoms with Crippen molar-refractivity contribution in [2.24, 2.45) is 0 Å². The zero-order valence-corrected chi connectivity index (χ0v) is 19.4. The number of hydrogen-bond donors (Lipinski definition) is 1. The van der Waals surface area contributed by atoms with Crippen LogP contribution in [0.2, 0.25) is 0 Å². The van der Waals surface area contributed by atoms with Crippen molar-refractivity contribution in [1.82, 2.24) is 9.62 Å². The van der Waals surface area contributed by atoms with Gasteiger partial charge in [-0.1, -0.05) is 18.6 Å². The van der Waals surface area contributed by atoms with Gasteiger partial charge in [0.1, 0.15) is 5.69 Å². The summed E-state index contributed by atoms with van der Waals surface area (Å²) in [4.78, 5) is 25.0. The predicted molar refractivity (Wildman–Crippen MR) is 125 cm³/mol. The molecule has 0 bridgehead atoms. The monoisotopic (exact) mass is 472 g/mol. The summed E-state index contributed by atoms with van der Waals surface area (Å²) in [6.07, 6.45) is 4.62. The molecule has 9 nitrogen and oxygen atoms in total. The molecule has 1 saturated heterocycles. The van der Waals surface area contributed by atoms with Crippen LogP contribution in [-0.4, -0.2) is 49.7 Å². The van der Waals surface area contributed by atoms with E-state index in [0.29, 0.717) is 30.9 Å². The lowest BCUT2D eigenvalue weighted by Crippen LogP contribution is -2.35. The van der Waals surface area contributed by atoms with Gasteiger partial charge in [-0.3, -0.25) is 14.9 Å². The van der Waals surface area contributed by atoms with Gasteiger partial charge in [-0.25, -0.2) is 8.42 Å². The van der Waals surface area contributed by atoms with Crippen LogP contribution in [0, 0.1) is 10.1 Å². The van der Waals surface area contributed by atoms with E-state index >= 15 is 0 Å². The molecule has 0 aromatic heterocycles. The Balaban J connectivity index is 1.51. The van der Waals surface area contributed by atoms with Crippen molar-refractivity contribution in [2.75, 3.05) is 25.0 Å². The van der Waals surface area contributed by atoms with Crippen LogP contribution in [-0.2, 0) is 16.6 Å². The lowest BCUT2D eigenvalue weighted by atomic mass is 10.1. The third kappa shape index (κ3) is 5.33. The van der Waals surface area contributed by atoms with Crippen LogP contribution in [0.5, 0.6) is 0 Å². The highest BCUT2D eigenvalue weighted by molar-refractivity contribution is 7.89. The van der Waals surface area contributed by atoms with Crippen LogP contribution in [0.15, 0.2) is 47.4 Å². The van der Waals surface area contributed by atoms with Gasteiger partial charge >= 0.3 is 0 Å². The van der Waals surface area contributed by atoms with E-state index in [1.165, 1.54) is 16.4 Å². The number of amides is 1. The Kier molecular flexibility index (Phi) is 6.66. The lowest BCUT2D eigenvalue weighted by Gasteiger charge is -2.26. The minimum atomic E-state index is -3.76. The average molecular weight is 473 g/mol. The van der Waals surface area contributed by atoms with Crippen molar-refractivity contribution in [3.05, 3.63) is 63.7 Å². The quantitative estimate of drug-likeness (QED) is 0.466. The summed E-state index contributed by atoms with van der Waals surface area (Å²) in [5.41, 5.74) is 1.52. The maximum atomic E-state index is 12.9. The lowest BCUT2D eigenvalue weighted by molar-refractivity contribution is -0.384. The van der Waals surface area contributed by atoms with Crippen LogP contribution in [0.25, 0.3) is 0 Å². The second-order valence-electron chi connectivity index (χ2n) is 8.67. The third-order valence-electron chi connectivity index (χ3n) is 6.06. The fraction of sp³-hybridized carbons (Fsp3) is 0.435. The standard InChI is InChI=1S/C23H28N4O5S/c1-25(16-17-5-7-18(8-6-17)23(28)24-19-9-10-19)21-12-11-20(15-22(21)27(29)30)33(31,32)26-13-3-2-4-14-26/h5-8,11-12,15,19H,2-4,9-10,13-14,16H2,1H3,(H,24,28). The number of nitrogens with one attached hydrogen (secondary N) is 1. The molecular formula is C23H28N4O5S. The molecule has 0 atom stereocenters. The molecule has 0 radical (unpaired) electrons. The van der Waals surface area contributed by atoms with Crippen molar-refractivity contribution in [3.63, 3.8) is 0 Å². The Hall–Kier alpha value is -2.98. The molecule has 1 saturated carbocycles. The van der Waals surface area contributed by atoms with E-state index in [9.17, 15) is 23.3 Å². The van der Waals surface area contributed by atoms with Gasteiger partial charge in [-0.2, -0.15) is 4.31 Å². The molecule has 176 valence electrons. The maximum absolute atomic E-state index is 12.9. The first-order valence-electron chi connectivity index (χ1n) is 11.2. The van der Waals surface area contributed by atoms with Crippen LogP contribution < -0.4 is 10.2 Å². The Morgan fingerprint density at radius 2 is 1.79 bits per heavy atom. The minimum Gasteiger partial charge on any atom is -0.365 e. The predicted octanol–water partition coefficient (Wildman–Crippen LogP) is 3.30. The van der Waals surface area contributed by atoms with Gasteiger partial charge in [0, 0.05) is 44.4 Å². The van der Waals surface area contributed by atoms with E-state index in [1.54, 1.807) is 24.1 Å². The highest BCUT2D eigenvalue weighted by Crippen LogP contribution is 2.32. The SMILES string of the molecule is CN(Cc1ccc(C(=O)NC2CC2)cc1)c1ccc(S(=O)(=O)N2CCCCC2)cc1[N+](=O)[O-]. The smallest absolute Gasteiger partial charge is 0.293 e. The topological polar surface area (TPSA) is 113 Å². The van der Waals surface area contributed by atoms with E-state index in [2.05, 4.69) is 5.32 Å². The average Bonchev–Trinajstić information content (AvgIpc) is 3.63. The number of rotatable bonds is 8. The molecule has 2 aliphatic rings. The summed E-state index contributed by atoms with van der Waals surface area (Å²) in [5, 5.41) is 14.7. The zero-order chi connectivity index (χ0) is 23.6. The second kappa shape index (κ2) is 9.48. The summed E-state index contributed by atoms with van der Waals surface area (Å²) in [5.74, 6) is -0.0986. The molecule has 1 amide bonds. The normalized spacial score (nSPS) is 16.9. The van der Waals surface area contributed by atoms with Crippen molar-refractivity contribution in [3.8, 4) is 0 Å². The van der Waals surface area contributed by atoms with E-state index in [4.69, 9.17) is 0 Å². The fourth-order valence-corrected chi connectivity index (χ4v) is 5.54. The third-order valence-corrected chi connectivity index (χ3v) is 7.95. The van der Waals surface area contributed by atoms with Gasteiger partial charge in [0.2, 0.25) is 10.0 Å². The molecule has 1 aliphatic carbocycles. The largest absolute Gasteiger partial charge is 0.365 e. The number of nitrogens with zero attached hydrogens (tertiary/aromatic N) is 3. The molecule has 1 heterocycles. The number of sulfonamides is 1. The fourth-order valence-electron chi connectivity index (χ4n) is 4.00. The Morgan fingerprint density at radius 1 is 1.12 bits per heavy atom. The molecule has 10 heteroatoms. The van der Waals surface area contributed by atoms with E-state index in [1.807, 2.05) is 12.1 Å². The number of nitro groups is 1. The Labute approximate surface area is 193 Å². The highest BCUT2D eigenvalue weighted by atomic mass is 32.2. The van der Waals surface area contributed by atoms with Crippen molar-refractivity contribution in [2.45, 2.75) is 49.6 Å². The van der Waals surface area contributed by atoms with Crippen LogP contribution in [0.1, 0.15) is 48.0 Å². The van der Waals surface area contributed by atoms with Crippen molar-refractivity contribution < 1.29 is 18.1 Å². The molecule has 33 heavy (non-hydrogen) atoms. The van der Waals surface area contributed by atoms with Gasteiger partial charge in [0.05, 0.1) is 9.82 Å². The molecule has 2 aromatic rings. The molecule has 2 aromatic carbocycles. The summed E-state index contributed by atoms with van der Waals surface area (Å²) in [6.45, 7) is 1.24. The first kappa shape index (κ1) is 23.2. The molecule has 1 aliphatic heterocycles. The summed E-state index contributed by atoms with van der Waals surface area (Å²) in [7, 11) is -2.05. The maximum Gasteiger partial charge on any atom is 0.293 e. The number of nitro benzene ring substituents is 1. The first-order valence-corrected chi connectivity index (χ1v) is 12.6. The first-order chi connectivity index (χ1) is 15.8. The molecule has 1 N–H and O–H groups in total. The number of hydrogen-bond acceptors (Lipinski definition) is 6. The number of benzene rings is 2. The molecular weight excluding hydrogens is 444 g/mol. The number of piperidine rings is 1. The van der Waals surface area contributed by atoms with E-state index < -0.39 is 14.9 Å². The molecule has 4 rings (SSSR count). The molecule has 2 fully saturated rings. The Bertz CT molecular complexity index is 1140. The van der Waals surface area contributed by atoms with Crippen molar-refractivity contribution >= 4 is 27.3 Å². The summed E-state index contributed by atoms with van der Waals surface area (Å²) < 4.78 is 27.3. The van der Waals surface area contributed by atoms with Gasteiger partial charge in [0.15, 0.2) is 0 Å². The van der Waals surface area contributed by atoms with Crippen LogP contribution >= 0.6 is 0 Å². The zero-order valence-electron chi connectivity index (χ0n) is 18.6. The van der Waals surface area contributed by atoms with Gasteiger partial charge in [-0.15, -0.1) is 0 Å². The van der Waals surface area contributed by atoms with Crippen LogP contribution in [0.4, 0.5) is 11.4 Å². The number of anilines is 1. The van der Waals surface area contributed by atoms with E-state index in [-0.39, 0.29) is 22.5 Å². The second-order valence-corrected chi connectivity index (χ2v) is 10.6. The van der Waals surface area contributed by atoms with Crippen molar-refractivity contribution in [1.29, 1.82) is 0 Å². The highest BCUT2D eigenvalue weighted by Gasteiger charge is 2.29.